The van der Waals surface area contributed by atoms with Gasteiger partial charge < -0.3 is 0 Å². The Morgan fingerprint density at radius 2 is 1.75 bits per heavy atom. The van der Waals surface area contributed by atoms with Gasteiger partial charge in [-0.05, 0) is 0 Å². The number of benzene rings is 2. The molecular weight excluding hydrogens is 443 g/mol. The van der Waals surface area contributed by atoms with Crippen molar-refractivity contribution in [2.24, 2.45) is 11.3 Å². The van der Waals surface area contributed by atoms with Gasteiger partial charge in [0.1, 0.15) is 0 Å². The van der Waals surface area contributed by atoms with Crippen LogP contribution in [0.2, 0.25) is 10.3 Å². The fourth-order valence-corrected chi connectivity index (χ4v) is 5.90. The average molecular weight is 464 g/mol. The summed E-state index contributed by atoms with van der Waals surface area (Å²) in [5.41, 5.74) is 0.436. The van der Waals surface area contributed by atoms with Crippen LogP contribution in [0.15, 0.2) is 60.7 Å². The summed E-state index contributed by atoms with van der Waals surface area (Å²) in [5, 5.41) is 1.46. The van der Waals surface area contributed by atoms with E-state index in [1.807, 2.05) is 36.4 Å². The van der Waals surface area contributed by atoms with E-state index in [4.69, 9.17) is 21.1 Å². The SMILES string of the molecule is COC(=O)C1(C(=O)OC)C=C(c2cccc(Cl)c2)C(C[Se]c2ccccc2)C1. The number of ether oxygens (including phenoxy) is 2. The second-order valence-electron chi connectivity index (χ2n) is 6.59. The van der Waals surface area contributed by atoms with Gasteiger partial charge in [0.2, 0.25) is 0 Å². The van der Waals surface area contributed by atoms with E-state index in [9.17, 15) is 9.59 Å². The number of hydrogen-bond donors (Lipinski definition) is 0. The van der Waals surface area contributed by atoms with Crippen LogP contribution in [0, 0.1) is 11.3 Å². The van der Waals surface area contributed by atoms with E-state index in [0.717, 1.165) is 16.5 Å². The van der Waals surface area contributed by atoms with Crippen molar-refractivity contribution in [3.05, 3.63) is 71.3 Å². The molecule has 0 radical (unpaired) electrons. The van der Waals surface area contributed by atoms with Crippen molar-refractivity contribution in [2.75, 3.05) is 14.2 Å². The van der Waals surface area contributed by atoms with Crippen LogP contribution in [0.25, 0.3) is 5.57 Å². The van der Waals surface area contributed by atoms with Crippen molar-refractivity contribution in [3.63, 3.8) is 0 Å². The van der Waals surface area contributed by atoms with Crippen molar-refractivity contribution < 1.29 is 19.1 Å². The van der Waals surface area contributed by atoms with Crippen molar-refractivity contribution in [1.29, 1.82) is 0 Å². The first-order valence-corrected chi connectivity index (χ1v) is 11.3. The van der Waals surface area contributed by atoms with E-state index >= 15 is 0 Å². The molecule has 0 saturated carbocycles. The Morgan fingerprint density at radius 1 is 1.07 bits per heavy atom. The predicted octanol–water partition coefficient (Wildman–Crippen LogP) is 3.52. The third-order valence-corrected chi connectivity index (χ3v) is 7.56. The third-order valence-electron chi connectivity index (χ3n) is 4.86. The number of hydrogen-bond acceptors (Lipinski definition) is 4. The summed E-state index contributed by atoms with van der Waals surface area (Å²) < 4.78 is 11.2. The van der Waals surface area contributed by atoms with Crippen LogP contribution in [0.1, 0.15) is 12.0 Å². The summed E-state index contributed by atoms with van der Waals surface area (Å²) in [6.45, 7) is 0. The fraction of sp³-hybridized carbons (Fsp3) is 0.273. The van der Waals surface area contributed by atoms with Gasteiger partial charge in [0.05, 0.1) is 0 Å². The predicted molar refractivity (Wildman–Crippen MR) is 111 cm³/mol. The number of allylic oxidation sites excluding steroid dienone is 1. The van der Waals surface area contributed by atoms with E-state index in [0.29, 0.717) is 11.4 Å². The fourth-order valence-electron chi connectivity index (χ4n) is 3.52. The monoisotopic (exact) mass is 464 g/mol. The summed E-state index contributed by atoms with van der Waals surface area (Å²) in [6.07, 6.45) is 2.06. The van der Waals surface area contributed by atoms with Gasteiger partial charge in [0.15, 0.2) is 0 Å². The van der Waals surface area contributed by atoms with Crippen molar-refractivity contribution in [1.82, 2.24) is 0 Å². The molecule has 0 bridgehead atoms. The summed E-state index contributed by atoms with van der Waals surface area (Å²) in [6, 6.07) is 17.7. The van der Waals surface area contributed by atoms with Crippen LogP contribution in [0.5, 0.6) is 0 Å². The molecule has 0 amide bonds. The summed E-state index contributed by atoms with van der Waals surface area (Å²) in [5.74, 6) is -1.15. The number of halogens is 1. The molecule has 4 nitrogen and oxygen atoms in total. The number of carbonyl (C=O) groups excluding carboxylic acids is 2. The molecular formula is C22H21ClO4Se. The van der Waals surface area contributed by atoms with Gasteiger partial charge in [0.25, 0.3) is 0 Å². The Hall–Kier alpha value is -2.07. The Bertz CT molecular complexity index is 878. The zero-order chi connectivity index (χ0) is 20.1. The molecule has 0 aromatic heterocycles. The first-order valence-electron chi connectivity index (χ1n) is 8.83. The van der Waals surface area contributed by atoms with Crippen LogP contribution in [0.4, 0.5) is 0 Å². The molecule has 1 aliphatic carbocycles. The molecule has 1 aliphatic rings. The van der Waals surface area contributed by atoms with E-state index in [2.05, 4.69) is 12.1 Å². The van der Waals surface area contributed by atoms with Crippen LogP contribution in [0.3, 0.4) is 0 Å². The summed E-state index contributed by atoms with van der Waals surface area (Å²) >= 11 is 6.39. The molecule has 1 atom stereocenters. The Kier molecular flexibility index (Phi) is 6.61. The van der Waals surface area contributed by atoms with Gasteiger partial charge in [-0.15, -0.1) is 0 Å². The molecule has 2 aromatic rings. The molecule has 2 aromatic carbocycles. The molecule has 0 aliphatic heterocycles. The van der Waals surface area contributed by atoms with E-state index in [1.165, 1.54) is 18.7 Å². The second-order valence-corrected chi connectivity index (χ2v) is 9.32. The standard InChI is InChI=1S/C22H21ClO4Se/c1-26-20(24)22(21(25)27-2)12-16(14-28-18-9-4-3-5-10-18)19(13-22)15-7-6-8-17(23)11-15/h3-11,13,16H,12,14H2,1-2H3. The van der Waals surface area contributed by atoms with Crippen molar-refractivity contribution in [3.8, 4) is 0 Å². The van der Waals surface area contributed by atoms with Gasteiger partial charge in [-0.1, -0.05) is 0 Å². The molecule has 0 N–H and O–H groups in total. The van der Waals surface area contributed by atoms with E-state index in [1.54, 1.807) is 12.1 Å². The third kappa shape index (κ3) is 4.17. The second kappa shape index (κ2) is 8.95. The first-order chi connectivity index (χ1) is 13.5. The molecule has 0 saturated heterocycles. The quantitative estimate of drug-likeness (QED) is 0.374. The minimum absolute atomic E-state index is 0.0249. The molecule has 0 heterocycles. The maximum atomic E-state index is 12.6. The summed E-state index contributed by atoms with van der Waals surface area (Å²) in [7, 11) is 2.59. The van der Waals surface area contributed by atoms with Crippen molar-refractivity contribution >= 4 is 48.5 Å². The van der Waals surface area contributed by atoms with Crippen LogP contribution < -0.4 is 4.46 Å². The molecule has 1 unspecified atom stereocenters. The number of carbonyl (C=O) groups is 2. The van der Waals surface area contributed by atoms with Crippen molar-refractivity contribution in [2.45, 2.75) is 11.7 Å². The van der Waals surface area contributed by atoms with Crippen LogP contribution in [-0.4, -0.2) is 41.1 Å². The topological polar surface area (TPSA) is 52.6 Å². The zero-order valence-electron chi connectivity index (χ0n) is 15.7. The van der Waals surface area contributed by atoms with Gasteiger partial charge in [-0.3, -0.25) is 0 Å². The molecule has 0 fully saturated rings. The van der Waals surface area contributed by atoms with Gasteiger partial charge in [0, 0.05) is 0 Å². The van der Waals surface area contributed by atoms with Crippen LogP contribution in [-0.2, 0) is 19.1 Å². The zero-order valence-corrected chi connectivity index (χ0v) is 18.2. The molecule has 3 rings (SSSR count). The molecule has 146 valence electrons. The normalized spacial score (nSPS) is 17.7. The maximum absolute atomic E-state index is 12.6. The first kappa shape index (κ1) is 20.7. The molecule has 0 spiro atoms. The Morgan fingerprint density at radius 3 is 2.36 bits per heavy atom. The Balaban J connectivity index is 1.99. The molecule has 6 heteroatoms. The number of methoxy groups -OCH3 is 2. The van der Waals surface area contributed by atoms with Gasteiger partial charge in [-0.25, -0.2) is 0 Å². The van der Waals surface area contributed by atoms with Crippen LogP contribution >= 0.6 is 11.6 Å². The number of esters is 2. The van der Waals surface area contributed by atoms with Gasteiger partial charge >= 0.3 is 176 Å². The van der Waals surface area contributed by atoms with E-state index < -0.39 is 17.4 Å². The summed E-state index contributed by atoms with van der Waals surface area (Å²) in [4.78, 5) is 25.2. The average Bonchev–Trinajstić information content (AvgIpc) is 3.13. The van der Waals surface area contributed by atoms with E-state index in [-0.39, 0.29) is 20.9 Å². The minimum atomic E-state index is -1.42. The molecule has 28 heavy (non-hydrogen) atoms. The van der Waals surface area contributed by atoms with Gasteiger partial charge in [-0.2, -0.15) is 0 Å². The Labute approximate surface area is 176 Å². The number of rotatable bonds is 6.